The van der Waals surface area contributed by atoms with Gasteiger partial charge in [-0.05, 0) is 0 Å². The van der Waals surface area contributed by atoms with Gasteiger partial charge in [0.1, 0.15) is 22.2 Å². The molecule has 0 bridgehead atoms. The van der Waals surface area contributed by atoms with Crippen molar-refractivity contribution in [3.05, 3.63) is 28.4 Å². The van der Waals surface area contributed by atoms with Gasteiger partial charge in [-0.25, -0.2) is 4.68 Å². The minimum Gasteiger partial charge on any atom is -0.406 e. The molecule has 0 amide bonds. The SMILES string of the molecule is CS(=O)c1cnn(-c2c(Cl)cc(OC(F)(F)F)cc2Cl)c1N. The largest absolute Gasteiger partial charge is 0.573 e. The lowest BCUT2D eigenvalue weighted by Crippen LogP contribution is -2.17. The van der Waals surface area contributed by atoms with E-state index in [-0.39, 0.29) is 26.4 Å². The molecule has 1 heterocycles. The normalized spacial score (nSPS) is 13.2. The number of hydrogen-bond donors (Lipinski definition) is 1. The third-order valence-electron chi connectivity index (χ3n) is 2.52. The Balaban J connectivity index is 2.51. The van der Waals surface area contributed by atoms with Crippen molar-refractivity contribution in [2.75, 3.05) is 12.0 Å². The van der Waals surface area contributed by atoms with Crippen molar-refractivity contribution in [3.8, 4) is 11.4 Å². The van der Waals surface area contributed by atoms with Crippen LogP contribution in [0.4, 0.5) is 19.0 Å². The van der Waals surface area contributed by atoms with E-state index in [1.807, 2.05) is 0 Å². The summed E-state index contributed by atoms with van der Waals surface area (Å²) < 4.78 is 52.9. The van der Waals surface area contributed by atoms with E-state index in [1.165, 1.54) is 12.5 Å². The molecular formula is C11H8Cl2F3N3O2S. The first-order valence-corrected chi connectivity index (χ1v) is 7.83. The fraction of sp³-hybridized carbons (Fsp3) is 0.182. The first kappa shape index (κ1) is 16.9. The van der Waals surface area contributed by atoms with Crippen LogP contribution in [-0.4, -0.2) is 26.6 Å². The Hall–Kier alpha value is -1.45. The maximum absolute atomic E-state index is 12.2. The third kappa shape index (κ3) is 3.47. The highest BCUT2D eigenvalue weighted by Crippen LogP contribution is 2.36. The summed E-state index contributed by atoms with van der Waals surface area (Å²) in [4.78, 5) is 0.253. The second-order valence-corrected chi connectivity index (χ2v) is 6.21. The molecule has 1 aromatic heterocycles. The van der Waals surface area contributed by atoms with Gasteiger partial charge in [0, 0.05) is 18.4 Å². The van der Waals surface area contributed by atoms with E-state index in [4.69, 9.17) is 28.9 Å². The van der Waals surface area contributed by atoms with Crippen molar-refractivity contribution in [1.29, 1.82) is 0 Å². The zero-order chi connectivity index (χ0) is 16.7. The van der Waals surface area contributed by atoms with Gasteiger partial charge in [0.05, 0.1) is 27.0 Å². The fourth-order valence-electron chi connectivity index (χ4n) is 1.68. The van der Waals surface area contributed by atoms with E-state index >= 15 is 0 Å². The Bertz CT molecular complexity index is 726. The van der Waals surface area contributed by atoms with Crippen LogP contribution in [0.2, 0.25) is 10.0 Å². The Kier molecular flexibility index (Phi) is 4.59. The van der Waals surface area contributed by atoms with Crippen LogP contribution in [-0.2, 0) is 10.8 Å². The summed E-state index contributed by atoms with van der Waals surface area (Å²) in [6.07, 6.45) is -2.20. The number of nitrogens with zero attached hydrogens (tertiary/aromatic N) is 2. The molecule has 5 nitrogen and oxygen atoms in total. The highest BCUT2D eigenvalue weighted by molar-refractivity contribution is 7.84. The van der Waals surface area contributed by atoms with Crippen LogP contribution in [0.15, 0.2) is 23.2 Å². The summed E-state index contributed by atoms with van der Waals surface area (Å²) in [5.41, 5.74) is 5.85. The van der Waals surface area contributed by atoms with Gasteiger partial charge in [-0.2, -0.15) is 5.10 Å². The van der Waals surface area contributed by atoms with Crippen LogP contribution in [0.25, 0.3) is 5.69 Å². The van der Waals surface area contributed by atoms with Gasteiger partial charge >= 0.3 is 6.36 Å². The highest BCUT2D eigenvalue weighted by atomic mass is 35.5. The topological polar surface area (TPSA) is 70.1 Å². The van der Waals surface area contributed by atoms with Crippen molar-refractivity contribution in [3.63, 3.8) is 0 Å². The molecule has 1 unspecified atom stereocenters. The molecule has 120 valence electrons. The number of alkyl halides is 3. The molecule has 0 spiro atoms. The summed E-state index contributed by atoms with van der Waals surface area (Å²) in [6.45, 7) is 0. The molecule has 1 aromatic carbocycles. The zero-order valence-electron chi connectivity index (χ0n) is 10.8. The Morgan fingerprint density at radius 3 is 2.27 bits per heavy atom. The number of ether oxygens (including phenoxy) is 1. The van der Waals surface area contributed by atoms with Gasteiger partial charge in [-0.1, -0.05) is 23.2 Å². The number of nitrogens with two attached hydrogens (primary N) is 1. The lowest BCUT2D eigenvalue weighted by Gasteiger charge is -2.13. The van der Waals surface area contributed by atoms with Crippen LogP contribution in [0.3, 0.4) is 0 Å². The molecule has 11 heteroatoms. The molecule has 2 N–H and O–H groups in total. The van der Waals surface area contributed by atoms with Crippen LogP contribution < -0.4 is 10.5 Å². The number of hydrogen-bond acceptors (Lipinski definition) is 4. The Morgan fingerprint density at radius 1 is 1.32 bits per heavy atom. The maximum atomic E-state index is 12.2. The van der Waals surface area contributed by atoms with Crippen molar-refractivity contribution < 1.29 is 22.1 Å². The number of halogens is 5. The summed E-state index contributed by atoms with van der Waals surface area (Å²) >= 11 is 11.9. The molecule has 2 rings (SSSR count). The Labute approximate surface area is 135 Å². The predicted molar refractivity (Wildman–Crippen MR) is 77.0 cm³/mol. The summed E-state index contributed by atoms with van der Waals surface area (Å²) in [6, 6.07) is 1.86. The second kappa shape index (κ2) is 5.98. The van der Waals surface area contributed by atoms with E-state index in [9.17, 15) is 17.4 Å². The van der Waals surface area contributed by atoms with E-state index in [0.29, 0.717) is 0 Å². The number of rotatable bonds is 3. The van der Waals surface area contributed by atoms with E-state index in [0.717, 1.165) is 16.8 Å². The van der Waals surface area contributed by atoms with Crippen LogP contribution >= 0.6 is 23.2 Å². The third-order valence-corrected chi connectivity index (χ3v) is 4.03. The second-order valence-electron chi connectivity index (χ2n) is 4.04. The predicted octanol–water partition coefficient (Wildman–Crippen LogP) is 3.40. The molecule has 0 aliphatic carbocycles. The van der Waals surface area contributed by atoms with Crippen molar-refractivity contribution in [1.82, 2.24) is 9.78 Å². The van der Waals surface area contributed by atoms with Crippen LogP contribution in [0, 0.1) is 0 Å². The molecule has 0 aliphatic rings. The first-order valence-electron chi connectivity index (χ1n) is 5.52. The van der Waals surface area contributed by atoms with Crippen molar-refractivity contribution in [2.24, 2.45) is 0 Å². The Morgan fingerprint density at radius 2 is 1.86 bits per heavy atom. The van der Waals surface area contributed by atoms with E-state index in [1.54, 1.807) is 0 Å². The van der Waals surface area contributed by atoms with Gasteiger partial charge in [-0.15, -0.1) is 13.2 Å². The molecule has 0 radical (unpaired) electrons. The van der Waals surface area contributed by atoms with E-state index in [2.05, 4.69) is 9.84 Å². The first-order chi connectivity index (χ1) is 10.1. The average molecular weight is 374 g/mol. The van der Waals surface area contributed by atoms with Gasteiger partial charge < -0.3 is 10.5 Å². The van der Waals surface area contributed by atoms with Crippen molar-refractivity contribution >= 4 is 39.8 Å². The summed E-state index contributed by atoms with van der Waals surface area (Å²) in [5, 5.41) is 3.58. The lowest BCUT2D eigenvalue weighted by molar-refractivity contribution is -0.274. The number of anilines is 1. The summed E-state index contributed by atoms with van der Waals surface area (Å²) in [5.74, 6) is -0.551. The number of nitrogen functional groups attached to an aromatic ring is 1. The molecule has 0 fully saturated rings. The molecule has 0 saturated heterocycles. The quantitative estimate of drug-likeness (QED) is 0.894. The van der Waals surface area contributed by atoms with Crippen LogP contribution in [0.1, 0.15) is 0 Å². The summed E-state index contributed by atoms with van der Waals surface area (Å²) in [7, 11) is -1.39. The standard InChI is InChI=1S/C11H8Cl2F3N3O2S/c1-22(20)8-4-18-19(10(8)17)9-6(12)2-5(3-7(9)13)21-11(14,15)16/h2-4H,17H2,1H3. The highest BCUT2D eigenvalue weighted by Gasteiger charge is 2.32. The average Bonchev–Trinajstić information content (AvgIpc) is 2.68. The van der Waals surface area contributed by atoms with E-state index < -0.39 is 22.9 Å². The molecular weight excluding hydrogens is 366 g/mol. The minimum atomic E-state index is -4.87. The smallest absolute Gasteiger partial charge is 0.406 e. The zero-order valence-corrected chi connectivity index (χ0v) is 13.1. The fourth-order valence-corrected chi connectivity index (χ4v) is 2.88. The van der Waals surface area contributed by atoms with Gasteiger partial charge in [0.25, 0.3) is 0 Å². The number of aromatic nitrogens is 2. The molecule has 2 aromatic rings. The van der Waals surface area contributed by atoms with Crippen molar-refractivity contribution in [2.45, 2.75) is 11.3 Å². The van der Waals surface area contributed by atoms with Gasteiger partial charge in [0.15, 0.2) is 0 Å². The molecule has 1 atom stereocenters. The lowest BCUT2D eigenvalue weighted by atomic mass is 10.3. The monoisotopic (exact) mass is 373 g/mol. The number of benzene rings is 1. The van der Waals surface area contributed by atoms with Crippen LogP contribution in [0.5, 0.6) is 5.75 Å². The van der Waals surface area contributed by atoms with Gasteiger partial charge in [-0.3, -0.25) is 4.21 Å². The van der Waals surface area contributed by atoms with Gasteiger partial charge in [0.2, 0.25) is 0 Å². The minimum absolute atomic E-state index is 0.0223. The maximum Gasteiger partial charge on any atom is 0.573 e. The molecule has 0 aliphatic heterocycles. The molecule has 0 saturated carbocycles. The molecule has 22 heavy (non-hydrogen) atoms.